The minimum absolute atomic E-state index is 0.000861. The molecule has 0 radical (unpaired) electrons. The third-order valence-electron chi connectivity index (χ3n) is 4.21. The lowest BCUT2D eigenvalue weighted by Crippen LogP contribution is -2.51. The maximum absolute atomic E-state index is 12.3. The van der Waals surface area contributed by atoms with Crippen molar-refractivity contribution in [2.45, 2.75) is 38.0 Å². The molecule has 0 saturated carbocycles. The van der Waals surface area contributed by atoms with E-state index in [2.05, 4.69) is 10.3 Å². The van der Waals surface area contributed by atoms with Gasteiger partial charge in [0.15, 0.2) is 5.13 Å². The molecule has 3 rings (SSSR count). The van der Waals surface area contributed by atoms with Crippen molar-refractivity contribution >= 4 is 22.4 Å². The van der Waals surface area contributed by atoms with E-state index >= 15 is 0 Å². The van der Waals surface area contributed by atoms with Crippen LogP contribution in [0.2, 0.25) is 0 Å². The third-order valence-corrected chi connectivity index (χ3v) is 4.93. The van der Waals surface area contributed by atoms with Crippen LogP contribution >= 0.6 is 11.3 Å². The van der Waals surface area contributed by atoms with Crippen LogP contribution in [0.4, 0.5) is 5.13 Å². The number of nitrogens with zero attached hydrogens (tertiary/aromatic N) is 1. The molecule has 8 heteroatoms. The Bertz CT molecular complexity index is 719. The normalized spacial score (nSPS) is 19.9. The summed E-state index contributed by atoms with van der Waals surface area (Å²) in [7, 11) is 0. The summed E-state index contributed by atoms with van der Waals surface area (Å²) in [4.78, 5) is 16.4. The van der Waals surface area contributed by atoms with Gasteiger partial charge >= 0.3 is 0 Å². The Morgan fingerprint density at radius 2 is 2.23 bits per heavy atom. The minimum Gasteiger partial charge on any atom is -0.488 e. The Balaban J connectivity index is 1.53. The molecule has 26 heavy (non-hydrogen) atoms. The predicted molar refractivity (Wildman–Crippen MR) is 99.0 cm³/mol. The lowest BCUT2D eigenvalue weighted by Gasteiger charge is -2.32. The average molecular weight is 377 g/mol. The number of nitrogens with one attached hydrogen (secondary N) is 1. The average Bonchev–Trinajstić information content (AvgIpc) is 3.08. The smallest absolute Gasteiger partial charge is 0.220 e. The summed E-state index contributed by atoms with van der Waals surface area (Å²) in [5, 5.41) is 14.5. The quantitative estimate of drug-likeness (QED) is 0.675. The van der Waals surface area contributed by atoms with Crippen LogP contribution in [0.5, 0.6) is 5.75 Å². The van der Waals surface area contributed by atoms with Gasteiger partial charge in [0.25, 0.3) is 0 Å². The van der Waals surface area contributed by atoms with Gasteiger partial charge in [-0.2, -0.15) is 0 Å². The fourth-order valence-electron chi connectivity index (χ4n) is 2.80. The summed E-state index contributed by atoms with van der Waals surface area (Å²) in [5.74, 6) is 0.655. The van der Waals surface area contributed by atoms with E-state index in [1.165, 1.54) is 11.3 Å². The Hall–Kier alpha value is -2.16. The van der Waals surface area contributed by atoms with Crippen molar-refractivity contribution in [1.82, 2.24) is 10.3 Å². The van der Waals surface area contributed by atoms with Crippen molar-refractivity contribution in [3.63, 3.8) is 0 Å². The van der Waals surface area contributed by atoms with E-state index in [4.69, 9.17) is 20.3 Å². The highest BCUT2D eigenvalue weighted by Gasteiger charge is 2.29. The van der Waals surface area contributed by atoms with Gasteiger partial charge in [-0.25, -0.2) is 4.98 Å². The Labute approximate surface area is 156 Å². The zero-order valence-electron chi connectivity index (χ0n) is 14.4. The summed E-state index contributed by atoms with van der Waals surface area (Å²) >= 11 is 1.38. The SMILES string of the molecule is Nc1nc(CCC(=O)N[C@@H]2COCC[C@H]2Oc2ccc(CO)cc2)cs1. The summed E-state index contributed by atoms with van der Waals surface area (Å²) in [5.41, 5.74) is 7.27. The number of carbonyl (C=O) groups excluding carboxylic acids is 1. The first-order valence-corrected chi connectivity index (χ1v) is 9.45. The molecule has 0 aliphatic carbocycles. The Kier molecular flexibility index (Phi) is 6.43. The van der Waals surface area contributed by atoms with Crippen LogP contribution in [0.1, 0.15) is 24.1 Å². The fraction of sp³-hybridized carbons (Fsp3) is 0.444. The molecule has 1 amide bonds. The number of aliphatic hydroxyl groups excluding tert-OH is 1. The minimum atomic E-state index is -0.200. The number of aliphatic hydroxyl groups is 1. The molecular weight excluding hydrogens is 354 g/mol. The van der Waals surface area contributed by atoms with Crippen molar-refractivity contribution in [1.29, 1.82) is 0 Å². The van der Waals surface area contributed by atoms with Crippen molar-refractivity contribution < 1.29 is 19.4 Å². The van der Waals surface area contributed by atoms with E-state index in [1.807, 2.05) is 29.6 Å². The highest BCUT2D eigenvalue weighted by atomic mass is 32.1. The second-order valence-corrected chi connectivity index (χ2v) is 7.06. The first-order chi connectivity index (χ1) is 12.6. The van der Waals surface area contributed by atoms with Gasteiger partial charge in [-0.05, 0) is 24.1 Å². The van der Waals surface area contributed by atoms with Gasteiger partial charge in [0, 0.05) is 18.2 Å². The van der Waals surface area contributed by atoms with Gasteiger partial charge in [-0.15, -0.1) is 11.3 Å². The molecule has 2 atom stereocenters. The maximum Gasteiger partial charge on any atom is 0.220 e. The number of amides is 1. The Morgan fingerprint density at radius 1 is 1.42 bits per heavy atom. The van der Waals surface area contributed by atoms with Gasteiger partial charge < -0.3 is 25.6 Å². The van der Waals surface area contributed by atoms with Crippen LogP contribution in [-0.4, -0.2) is 41.4 Å². The van der Waals surface area contributed by atoms with Crippen LogP contribution in [0.25, 0.3) is 0 Å². The van der Waals surface area contributed by atoms with Crippen LogP contribution < -0.4 is 15.8 Å². The standard InChI is InChI=1S/C18H23N3O4S/c19-18-20-13(11-26-18)3-6-17(23)21-15-10-24-8-7-16(15)25-14-4-1-12(9-22)2-5-14/h1-2,4-5,11,15-16,22H,3,6-10H2,(H2,19,20)(H,21,23)/t15-,16-/m1/s1. The Morgan fingerprint density at radius 3 is 2.92 bits per heavy atom. The number of nitrogens with two attached hydrogens (primary N) is 1. The number of hydrogen-bond acceptors (Lipinski definition) is 7. The predicted octanol–water partition coefficient (Wildman–Crippen LogP) is 1.50. The van der Waals surface area contributed by atoms with E-state index in [0.29, 0.717) is 43.4 Å². The number of ether oxygens (including phenoxy) is 2. The highest BCUT2D eigenvalue weighted by Crippen LogP contribution is 2.19. The van der Waals surface area contributed by atoms with Crippen molar-refractivity contribution in [2.75, 3.05) is 18.9 Å². The number of nitrogen functional groups attached to an aromatic ring is 1. The van der Waals surface area contributed by atoms with Crippen molar-refractivity contribution in [2.24, 2.45) is 0 Å². The number of anilines is 1. The fourth-order valence-corrected chi connectivity index (χ4v) is 3.40. The van der Waals surface area contributed by atoms with Gasteiger partial charge in [-0.3, -0.25) is 4.79 Å². The lowest BCUT2D eigenvalue weighted by molar-refractivity contribution is -0.124. The van der Waals surface area contributed by atoms with E-state index < -0.39 is 0 Å². The number of rotatable bonds is 7. The molecule has 140 valence electrons. The van der Waals surface area contributed by atoms with Crippen LogP contribution in [-0.2, 0) is 22.6 Å². The first-order valence-electron chi connectivity index (χ1n) is 8.57. The lowest BCUT2D eigenvalue weighted by atomic mass is 10.1. The van der Waals surface area contributed by atoms with Gasteiger partial charge in [0.2, 0.25) is 5.91 Å². The molecule has 1 aromatic carbocycles. The molecule has 1 aliphatic heterocycles. The molecular formula is C18H23N3O4S. The maximum atomic E-state index is 12.3. The number of thiazole rings is 1. The summed E-state index contributed by atoms with van der Waals surface area (Å²) < 4.78 is 11.5. The first kappa shape index (κ1) is 18.6. The summed E-state index contributed by atoms with van der Waals surface area (Å²) in [6.45, 7) is 1.03. The van der Waals surface area contributed by atoms with Crippen LogP contribution in [0.15, 0.2) is 29.6 Å². The topological polar surface area (TPSA) is 107 Å². The number of carbonyl (C=O) groups is 1. The van der Waals surface area contributed by atoms with Gasteiger partial charge in [0.05, 0.1) is 31.6 Å². The van der Waals surface area contributed by atoms with Gasteiger partial charge in [0.1, 0.15) is 11.9 Å². The van der Waals surface area contributed by atoms with Gasteiger partial charge in [-0.1, -0.05) is 12.1 Å². The molecule has 2 heterocycles. The van der Waals surface area contributed by atoms with Crippen LogP contribution in [0, 0.1) is 0 Å². The van der Waals surface area contributed by atoms with E-state index in [-0.39, 0.29) is 24.7 Å². The molecule has 1 aromatic heterocycles. The number of aromatic nitrogens is 1. The second-order valence-electron chi connectivity index (χ2n) is 6.17. The number of aryl methyl sites for hydroxylation is 1. The highest BCUT2D eigenvalue weighted by molar-refractivity contribution is 7.13. The molecule has 0 bridgehead atoms. The van der Waals surface area contributed by atoms with E-state index in [1.54, 1.807) is 0 Å². The zero-order chi connectivity index (χ0) is 18.4. The number of benzene rings is 1. The molecule has 0 unspecified atom stereocenters. The molecule has 7 nitrogen and oxygen atoms in total. The van der Waals surface area contributed by atoms with Crippen molar-refractivity contribution in [3.8, 4) is 5.75 Å². The van der Waals surface area contributed by atoms with Crippen LogP contribution in [0.3, 0.4) is 0 Å². The number of hydrogen-bond donors (Lipinski definition) is 3. The van der Waals surface area contributed by atoms with E-state index in [0.717, 1.165) is 11.3 Å². The summed E-state index contributed by atoms with van der Waals surface area (Å²) in [6, 6.07) is 7.09. The monoisotopic (exact) mass is 377 g/mol. The summed E-state index contributed by atoms with van der Waals surface area (Å²) in [6.07, 6.45) is 1.45. The molecule has 1 fully saturated rings. The molecule has 4 N–H and O–H groups in total. The van der Waals surface area contributed by atoms with E-state index in [9.17, 15) is 4.79 Å². The molecule has 1 aliphatic rings. The zero-order valence-corrected chi connectivity index (χ0v) is 15.2. The van der Waals surface area contributed by atoms with Crippen molar-refractivity contribution in [3.05, 3.63) is 40.9 Å². The largest absolute Gasteiger partial charge is 0.488 e. The molecule has 0 spiro atoms. The third kappa shape index (κ3) is 5.17. The molecule has 1 saturated heterocycles. The second kappa shape index (κ2) is 8.98. The molecule has 2 aromatic rings.